The molecule has 5 rings (SSSR count). The first kappa shape index (κ1) is 15.8. The Hall–Kier alpha value is -2.47. The van der Waals surface area contributed by atoms with Gasteiger partial charge in [0.25, 0.3) is 0 Å². The summed E-state index contributed by atoms with van der Waals surface area (Å²) in [4.78, 5) is 13.3. The van der Waals surface area contributed by atoms with Gasteiger partial charge in [0.1, 0.15) is 18.1 Å². The molecular weight excluding hydrogens is 326 g/mol. The lowest BCUT2D eigenvalue weighted by Gasteiger charge is -2.22. The van der Waals surface area contributed by atoms with Crippen molar-refractivity contribution >= 4 is 11.0 Å². The highest BCUT2D eigenvalue weighted by atomic mass is 16.5. The van der Waals surface area contributed by atoms with Gasteiger partial charge >= 0.3 is 0 Å². The van der Waals surface area contributed by atoms with E-state index < -0.39 is 0 Å². The maximum atomic E-state index is 6.34. The van der Waals surface area contributed by atoms with Crippen molar-refractivity contribution in [2.75, 3.05) is 6.54 Å². The number of rotatable bonds is 3. The minimum Gasteiger partial charge on any atom is -0.474 e. The quantitative estimate of drug-likeness (QED) is 0.787. The molecule has 1 aliphatic heterocycles. The number of nitrogens with one attached hydrogen (secondary N) is 1. The third kappa shape index (κ3) is 2.65. The summed E-state index contributed by atoms with van der Waals surface area (Å²) in [5, 5.41) is 4.56. The summed E-state index contributed by atoms with van der Waals surface area (Å²) >= 11 is 0. The van der Waals surface area contributed by atoms with Crippen LogP contribution in [0.15, 0.2) is 30.9 Å². The summed E-state index contributed by atoms with van der Waals surface area (Å²) in [5.74, 6) is 0.816. The average molecular weight is 349 g/mol. The van der Waals surface area contributed by atoms with Crippen LogP contribution in [0.3, 0.4) is 0 Å². The van der Waals surface area contributed by atoms with Crippen molar-refractivity contribution in [3.8, 4) is 5.88 Å². The molecule has 26 heavy (non-hydrogen) atoms. The van der Waals surface area contributed by atoms with E-state index in [1.165, 1.54) is 11.1 Å². The van der Waals surface area contributed by atoms with E-state index in [0.717, 1.165) is 61.4 Å². The Morgan fingerprint density at radius 2 is 2.15 bits per heavy atom. The molecule has 2 atom stereocenters. The Morgan fingerprint density at radius 3 is 3.12 bits per heavy atom. The van der Waals surface area contributed by atoms with Crippen LogP contribution in [-0.4, -0.2) is 32.2 Å². The van der Waals surface area contributed by atoms with E-state index in [4.69, 9.17) is 4.74 Å². The minimum absolute atomic E-state index is 0.210. The summed E-state index contributed by atoms with van der Waals surface area (Å²) < 4.78 is 8.64. The molecule has 0 radical (unpaired) electrons. The zero-order chi connectivity index (χ0) is 17.5. The van der Waals surface area contributed by atoms with Crippen molar-refractivity contribution < 1.29 is 4.74 Å². The Bertz CT molecular complexity index is 951. The molecule has 1 N–H and O–H groups in total. The highest BCUT2D eigenvalue weighted by Crippen LogP contribution is 2.35. The average Bonchev–Trinajstić information content (AvgIpc) is 3.29. The predicted molar refractivity (Wildman–Crippen MR) is 99.2 cm³/mol. The fraction of sp³-hybridized carbons (Fsp3) is 0.450. The molecule has 2 aliphatic rings. The van der Waals surface area contributed by atoms with Crippen LogP contribution in [0.25, 0.3) is 11.0 Å². The fourth-order valence-electron chi connectivity index (χ4n) is 4.30. The lowest BCUT2D eigenvalue weighted by atomic mass is 10.0. The lowest BCUT2D eigenvalue weighted by molar-refractivity contribution is 0.193. The van der Waals surface area contributed by atoms with Crippen molar-refractivity contribution in [2.45, 2.75) is 51.3 Å². The van der Waals surface area contributed by atoms with Crippen LogP contribution in [0.5, 0.6) is 5.88 Å². The van der Waals surface area contributed by atoms with Gasteiger partial charge < -0.3 is 14.6 Å². The number of aryl methyl sites for hydroxylation is 1. The molecule has 1 fully saturated rings. The van der Waals surface area contributed by atoms with Gasteiger partial charge in [-0.05, 0) is 50.4 Å². The summed E-state index contributed by atoms with van der Waals surface area (Å²) in [6.45, 7) is 3.92. The van der Waals surface area contributed by atoms with E-state index in [2.05, 4.69) is 43.2 Å². The number of ether oxygens (including phenoxy) is 1. The van der Waals surface area contributed by atoms with Crippen molar-refractivity contribution in [3.63, 3.8) is 0 Å². The predicted octanol–water partition coefficient (Wildman–Crippen LogP) is 2.95. The number of hydrogen-bond donors (Lipinski definition) is 1. The second-order valence-electron chi connectivity index (χ2n) is 7.31. The third-order valence-electron chi connectivity index (χ3n) is 5.72. The topological polar surface area (TPSA) is 64.9 Å². The summed E-state index contributed by atoms with van der Waals surface area (Å²) in [7, 11) is 0. The van der Waals surface area contributed by atoms with Crippen LogP contribution < -0.4 is 10.1 Å². The van der Waals surface area contributed by atoms with Gasteiger partial charge in [0.2, 0.25) is 5.88 Å². The fourth-order valence-corrected chi connectivity index (χ4v) is 4.30. The summed E-state index contributed by atoms with van der Waals surface area (Å²) in [6.07, 6.45) is 10.1. The van der Waals surface area contributed by atoms with Gasteiger partial charge in [0.05, 0.1) is 5.69 Å². The van der Waals surface area contributed by atoms with Crippen molar-refractivity contribution in [1.82, 2.24) is 24.8 Å². The van der Waals surface area contributed by atoms with E-state index in [-0.39, 0.29) is 6.10 Å². The van der Waals surface area contributed by atoms with E-state index >= 15 is 0 Å². The number of pyridine rings is 1. The summed E-state index contributed by atoms with van der Waals surface area (Å²) in [5.41, 5.74) is 4.67. The van der Waals surface area contributed by atoms with Crippen LogP contribution >= 0.6 is 0 Å². The monoisotopic (exact) mass is 349 g/mol. The zero-order valence-corrected chi connectivity index (χ0v) is 15.0. The van der Waals surface area contributed by atoms with Crippen LogP contribution in [0.4, 0.5) is 0 Å². The van der Waals surface area contributed by atoms with Gasteiger partial charge in [-0.15, -0.1) is 0 Å². The van der Waals surface area contributed by atoms with Gasteiger partial charge in [-0.1, -0.05) is 0 Å². The van der Waals surface area contributed by atoms with Crippen molar-refractivity contribution in [1.29, 1.82) is 0 Å². The Kier molecular flexibility index (Phi) is 3.85. The maximum absolute atomic E-state index is 6.34. The number of hydrogen-bond acceptors (Lipinski definition) is 5. The smallest absolute Gasteiger partial charge is 0.218 e. The molecule has 134 valence electrons. The Morgan fingerprint density at radius 1 is 1.19 bits per heavy atom. The standard InChI is InChI=1S/C20H23N5O/c1-13-17-6-9-25(19(17)24-12-23-13)15-2-3-16(10-15)26-20-18-11-21-7-4-14(18)5-8-22-20/h5-6,8-9,12,15-16,21H,2-4,7,10-11H2,1H3/t15-,16+/m0/s1. The van der Waals surface area contributed by atoms with Crippen LogP contribution in [0.2, 0.25) is 0 Å². The first-order valence-corrected chi connectivity index (χ1v) is 9.42. The molecule has 0 saturated heterocycles. The third-order valence-corrected chi connectivity index (χ3v) is 5.72. The first-order chi connectivity index (χ1) is 12.8. The van der Waals surface area contributed by atoms with E-state index in [9.17, 15) is 0 Å². The van der Waals surface area contributed by atoms with Crippen LogP contribution in [0.1, 0.15) is 42.1 Å². The van der Waals surface area contributed by atoms with E-state index in [0.29, 0.717) is 6.04 Å². The van der Waals surface area contributed by atoms with E-state index in [1.54, 1.807) is 6.33 Å². The van der Waals surface area contributed by atoms with Gasteiger partial charge in [-0.3, -0.25) is 0 Å². The molecular formula is C20H23N5O. The molecule has 3 aromatic heterocycles. The van der Waals surface area contributed by atoms with Crippen LogP contribution in [0, 0.1) is 6.92 Å². The SMILES string of the molecule is Cc1ncnc2c1ccn2[C@H]1CC[C@@H](Oc2nccc3c2CNCC3)C1. The Labute approximate surface area is 152 Å². The molecule has 0 spiro atoms. The van der Waals surface area contributed by atoms with E-state index in [1.807, 2.05) is 13.1 Å². The molecule has 1 saturated carbocycles. The molecule has 0 bridgehead atoms. The number of fused-ring (bicyclic) bond motifs is 2. The normalized spacial score (nSPS) is 22.5. The minimum atomic E-state index is 0.210. The molecule has 6 heteroatoms. The van der Waals surface area contributed by atoms with Gasteiger partial charge in [0, 0.05) is 42.4 Å². The van der Waals surface area contributed by atoms with Gasteiger partial charge in [-0.2, -0.15) is 0 Å². The molecule has 0 amide bonds. The second-order valence-corrected chi connectivity index (χ2v) is 7.31. The number of nitrogens with zero attached hydrogens (tertiary/aromatic N) is 4. The highest BCUT2D eigenvalue weighted by Gasteiger charge is 2.29. The molecule has 1 aliphatic carbocycles. The Balaban J connectivity index is 1.36. The second kappa shape index (κ2) is 6.36. The molecule has 6 nitrogen and oxygen atoms in total. The largest absolute Gasteiger partial charge is 0.474 e. The summed E-state index contributed by atoms with van der Waals surface area (Å²) in [6, 6.07) is 4.66. The lowest BCUT2D eigenvalue weighted by Crippen LogP contribution is -2.25. The maximum Gasteiger partial charge on any atom is 0.218 e. The van der Waals surface area contributed by atoms with Gasteiger partial charge in [0.15, 0.2) is 0 Å². The first-order valence-electron chi connectivity index (χ1n) is 9.42. The highest BCUT2D eigenvalue weighted by molar-refractivity contribution is 5.78. The zero-order valence-electron chi connectivity index (χ0n) is 15.0. The van der Waals surface area contributed by atoms with Crippen LogP contribution in [-0.2, 0) is 13.0 Å². The van der Waals surface area contributed by atoms with Crippen molar-refractivity contribution in [2.24, 2.45) is 0 Å². The van der Waals surface area contributed by atoms with Gasteiger partial charge in [-0.25, -0.2) is 15.0 Å². The molecule has 4 heterocycles. The molecule has 0 unspecified atom stereocenters. The van der Waals surface area contributed by atoms with Crippen molar-refractivity contribution in [3.05, 3.63) is 47.7 Å². The molecule has 3 aromatic rings. The molecule has 0 aromatic carbocycles. The number of aromatic nitrogens is 4.